The Morgan fingerprint density at radius 2 is 1.76 bits per heavy atom. The van der Waals surface area contributed by atoms with E-state index >= 15 is 0 Å². The Labute approximate surface area is 167 Å². The van der Waals surface area contributed by atoms with E-state index in [-0.39, 0.29) is 0 Å². The van der Waals surface area contributed by atoms with Crippen LogP contribution in [0.3, 0.4) is 0 Å². The lowest BCUT2D eigenvalue weighted by Gasteiger charge is -2.17. The van der Waals surface area contributed by atoms with Crippen molar-refractivity contribution in [1.82, 2.24) is 0 Å². The van der Waals surface area contributed by atoms with Gasteiger partial charge in [0.1, 0.15) is 22.5 Å². The van der Waals surface area contributed by atoms with Crippen molar-refractivity contribution in [2.75, 3.05) is 13.7 Å². The molecule has 0 amide bonds. The first kappa shape index (κ1) is 20.8. The average Bonchev–Trinajstić information content (AvgIpc) is 3.10. The van der Waals surface area contributed by atoms with E-state index in [0.717, 1.165) is 39.2 Å². The highest BCUT2D eigenvalue weighted by molar-refractivity contribution is 5.92. The number of fused-ring (bicyclic) bond motifs is 2. The molecule has 0 fully saturated rings. The van der Waals surface area contributed by atoms with Gasteiger partial charge in [0.2, 0.25) is 0 Å². The standard InChI is InChI=1S/C20H17O4.ClHO4/c1-3-22-20-15-9-8-14(21-2)11-18(15)23-12-16(20)19-10-13-6-4-5-7-17(13)24-19;2-1(3,4)5/h4-12H,3H2,1-2H3;(H,2,3,4,5)/q+1;/p-1. The quantitative estimate of drug-likeness (QED) is 0.442. The van der Waals surface area contributed by atoms with E-state index in [1.807, 2.05) is 55.5 Å². The molecule has 0 radical (unpaired) electrons. The van der Waals surface area contributed by atoms with Crippen molar-refractivity contribution in [3.05, 3.63) is 54.8 Å². The molecule has 9 heteroatoms. The smallest absolute Gasteiger partial charge is 0.367 e. The summed E-state index contributed by atoms with van der Waals surface area (Å²) in [6.07, 6.45) is 1.67. The molecule has 0 saturated carbocycles. The Hall–Kier alpha value is -2.88. The zero-order valence-electron chi connectivity index (χ0n) is 15.5. The minimum atomic E-state index is -4.94. The van der Waals surface area contributed by atoms with Gasteiger partial charge in [-0.25, -0.2) is 23.1 Å². The fourth-order valence-corrected chi connectivity index (χ4v) is 2.82. The molecule has 0 N–H and O–H groups in total. The summed E-state index contributed by atoms with van der Waals surface area (Å²) in [5.74, 6) is 2.21. The molecule has 0 spiro atoms. The maximum absolute atomic E-state index is 8.49. The van der Waals surface area contributed by atoms with E-state index in [1.165, 1.54) is 0 Å². The third kappa shape index (κ3) is 5.14. The number of benzene rings is 2. The predicted octanol–water partition coefficient (Wildman–Crippen LogP) is 0.778. The topological polar surface area (TPSA) is 135 Å². The first-order valence-corrected chi connectivity index (χ1v) is 9.69. The Morgan fingerprint density at radius 1 is 1.03 bits per heavy atom. The number of rotatable bonds is 4. The third-order valence-corrected chi connectivity index (χ3v) is 3.96. The second-order valence-corrected chi connectivity index (χ2v) is 6.56. The lowest BCUT2D eigenvalue weighted by atomic mass is 10.1. The lowest BCUT2D eigenvalue weighted by molar-refractivity contribution is -2.00. The minimum Gasteiger partial charge on any atom is -0.496 e. The van der Waals surface area contributed by atoms with Crippen LogP contribution in [0.2, 0.25) is 0 Å². The van der Waals surface area contributed by atoms with E-state index in [9.17, 15) is 0 Å². The normalized spacial score (nSPS) is 11.2. The second kappa shape index (κ2) is 8.64. The van der Waals surface area contributed by atoms with Crippen LogP contribution in [0, 0.1) is 10.2 Å². The van der Waals surface area contributed by atoms with Gasteiger partial charge < -0.3 is 13.9 Å². The van der Waals surface area contributed by atoms with E-state index in [0.29, 0.717) is 12.2 Å². The van der Waals surface area contributed by atoms with Crippen LogP contribution in [0.25, 0.3) is 33.3 Å². The van der Waals surface area contributed by atoms with Crippen molar-refractivity contribution in [3.63, 3.8) is 0 Å². The summed E-state index contributed by atoms with van der Waals surface area (Å²) < 4.78 is 56.9. The van der Waals surface area contributed by atoms with E-state index in [4.69, 9.17) is 36.9 Å². The van der Waals surface area contributed by atoms with Gasteiger partial charge in [0.25, 0.3) is 0 Å². The van der Waals surface area contributed by atoms with Crippen molar-refractivity contribution in [2.24, 2.45) is 0 Å². The Balaban J connectivity index is 0.000000431. The van der Waals surface area contributed by atoms with Crippen LogP contribution in [0.1, 0.15) is 6.92 Å². The molecule has 2 aromatic heterocycles. The number of ether oxygens (including phenoxy) is 2. The van der Waals surface area contributed by atoms with Crippen LogP contribution in [0.15, 0.2) is 63.6 Å². The molecular formula is C20H17ClO8. The van der Waals surface area contributed by atoms with Gasteiger partial charge in [-0.3, -0.25) is 0 Å². The van der Waals surface area contributed by atoms with Gasteiger partial charge in [0.05, 0.1) is 19.8 Å². The van der Waals surface area contributed by atoms with Crippen LogP contribution in [-0.4, -0.2) is 13.7 Å². The molecule has 4 aromatic rings. The molecular weight excluding hydrogens is 404 g/mol. The number of halogens is 1. The highest BCUT2D eigenvalue weighted by atomic mass is 35.7. The van der Waals surface area contributed by atoms with Gasteiger partial charge >= 0.3 is 11.8 Å². The highest BCUT2D eigenvalue weighted by Crippen LogP contribution is 2.40. The molecule has 29 heavy (non-hydrogen) atoms. The van der Waals surface area contributed by atoms with Gasteiger partial charge in [-0.05, 0) is 31.2 Å². The summed E-state index contributed by atoms with van der Waals surface area (Å²) >= 11 is 0. The summed E-state index contributed by atoms with van der Waals surface area (Å²) in [7, 11) is -3.31. The van der Waals surface area contributed by atoms with Gasteiger partial charge in [-0.1, -0.05) is 18.2 Å². The number of hydrogen-bond acceptors (Lipinski definition) is 7. The maximum Gasteiger partial charge on any atom is 0.367 e. The van der Waals surface area contributed by atoms with Crippen molar-refractivity contribution in [1.29, 1.82) is 0 Å². The summed E-state index contributed by atoms with van der Waals surface area (Å²) in [5.41, 5.74) is 2.34. The van der Waals surface area contributed by atoms with E-state index < -0.39 is 10.2 Å². The third-order valence-electron chi connectivity index (χ3n) is 3.96. The number of para-hydroxylation sites is 1. The van der Waals surface area contributed by atoms with Crippen molar-refractivity contribution in [2.45, 2.75) is 6.92 Å². The molecule has 0 aliphatic rings. The highest BCUT2D eigenvalue weighted by Gasteiger charge is 2.23. The molecule has 0 unspecified atom stereocenters. The van der Waals surface area contributed by atoms with E-state index in [1.54, 1.807) is 13.4 Å². The molecule has 0 bridgehead atoms. The van der Waals surface area contributed by atoms with E-state index in [2.05, 4.69) is 0 Å². The monoisotopic (exact) mass is 420 g/mol. The molecule has 2 heterocycles. The van der Waals surface area contributed by atoms with Crippen LogP contribution in [-0.2, 0) is 0 Å². The fraction of sp³-hybridized carbons (Fsp3) is 0.150. The zero-order chi connectivity index (χ0) is 21.0. The van der Waals surface area contributed by atoms with Crippen LogP contribution in [0.4, 0.5) is 0 Å². The Morgan fingerprint density at radius 3 is 2.41 bits per heavy atom. The molecule has 152 valence electrons. The second-order valence-electron chi connectivity index (χ2n) is 5.80. The van der Waals surface area contributed by atoms with Gasteiger partial charge in [-0.2, -0.15) is 0 Å². The lowest BCUT2D eigenvalue weighted by Crippen LogP contribution is -2.68. The maximum atomic E-state index is 8.49. The Kier molecular flexibility index (Phi) is 6.21. The molecule has 0 aliphatic heterocycles. The molecule has 8 nitrogen and oxygen atoms in total. The summed E-state index contributed by atoms with van der Waals surface area (Å²) in [5, 5.41) is 1.93. The number of methoxy groups -OCH3 is 1. The SMILES string of the molecule is CCOc1c(-c2cc3ccccc3o2)c[o+]c2cc(OC)ccc12.[O-][Cl+3]([O-])([O-])[O-]. The molecule has 0 atom stereocenters. The molecule has 2 aromatic carbocycles. The van der Waals surface area contributed by atoms with Crippen LogP contribution < -0.4 is 28.1 Å². The first-order valence-electron chi connectivity index (χ1n) is 8.46. The van der Waals surface area contributed by atoms with Crippen molar-refractivity contribution < 1.29 is 47.2 Å². The largest absolute Gasteiger partial charge is 0.496 e. The minimum absolute atomic E-state index is 0.554. The first-order chi connectivity index (χ1) is 13.8. The van der Waals surface area contributed by atoms with Crippen molar-refractivity contribution >= 4 is 21.9 Å². The fourth-order valence-electron chi connectivity index (χ4n) is 2.82. The van der Waals surface area contributed by atoms with Gasteiger partial charge in [0, 0.05) is 5.39 Å². The number of furan rings is 1. The van der Waals surface area contributed by atoms with Gasteiger partial charge in [0.15, 0.2) is 11.3 Å². The molecule has 0 aliphatic carbocycles. The molecule has 0 saturated heterocycles. The van der Waals surface area contributed by atoms with Crippen LogP contribution in [0.5, 0.6) is 11.5 Å². The Bertz CT molecular complexity index is 1080. The molecule has 4 rings (SSSR count). The summed E-state index contributed by atoms with van der Waals surface area (Å²) in [6.45, 7) is 2.51. The summed E-state index contributed by atoms with van der Waals surface area (Å²) in [4.78, 5) is 0. The van der Waals surface area contributed by atoms with Gasteiger partial charge in [-0.15, -0.1) is 10.2 Å². The zero-order valence-corrected chi connectivity index (χ0v) is 16.3. The number of hydrogen-bond donors (Lipinski definition) is 0. The average molecular weight is 421 g/mol. The summed E-state index contributed by atoms with van der Waals surface area (Å²) in [6, 6.07) is 15.6. The van der Waals surface area contributed by atoms with Crippen molar-refractivity contribution in [3.8, 4) is 22.8 Å². The van der Waals surface area contributed by atoms with Crippen LogP contribution >= 0.6 is 0 Å². The predicted molar refractivity (Wildman–Crippen MR) is 93.6 cm³/mol.